The molecule has 0 fully saturated rings. The molecule has 1 aliphatic rings. The number of amides is 1. The van der Waals surface area contributed by atoms with Gasteiger partial charge in [0.15, 0.2) is 0 Å². The largest absolute Gasteiger partial charge is 0.390 e. The minimum Gasteiger partial charge on any atom is -0.390 e. The minimum absolute atomic E-state index is 0.106. The highest BCUT2D eigenvalue weighted by molar-refractivity contribution is 5.79. The molecule has 1 aromatic carbocycles. The summed E-state index contributed by atoms with van der Waals surface area (Å²) in [6.07, 6.45) is 0.0415. The molecule has 0 saturated heterocycles. The van der Waals surface area contributed by atoms with Gasteiger partial charge in [-0.05, 0) is 18.1 Å². The topological polar surface area (TPSA) is 75.4 Å². The summed E-state index contributed by atoms with van der Waals surface area (Å²) in [6.45, 7) is 3.61. The van der Waals surface area contributed by atoms with Gasteiger partial charge in [-0.3, -0.25) is 4.79 Å². The Morgan fingerprint density at radius 2 is 2.11 bits per heavy atom. The molecular formula is C14H20N2O2. The van der Waals surface area contributed by atoms with Gasteiger partial charge in [-0.25, -0.2) is 0 Å². The molecular weight excluding hydrogens is 228 g/mol. The number of carbonyl (C=O) groups excluding carboxylic acids is 1. The number of rotatable bonds is 3. The van der Waals surface area contributed by atoms with E-state index in [4.69, 9.17) is 5.73 Å². The molecule has 4 atom stereocenters. The van der Waals surface area contributed by atoms with Gasteiger partial charge >= 0.3 is 0 Å². The average molecular weight is 248 g/mol. The number of carbonyl (C=O) groups is 1. The van der Waals surface area contributed by atoms with Crippen molar-refractivity contribution in [3.8, 4) is 0 Å². The van der Waals surface area contributed by atoms with Gasteiger partial charge in [-0.2, -0.15) is 0 Å². The lowest BCUT2D eigenvalue weighted by molar-refractivity contribution is -0.126. The first-order chi connectivity index (χ1) is 8.50. The Hall–Kier alpha value is -1.39. The summed E-state index contributed by atoms with van der Waals surface area (Å²) in [7, 11) is 0. The van der Waals surface area contributed by atoms with Crippen LogP contribution in [0.4, 0.5) is 0 Å². The van der Waals surface area contributed by atoms with Crippen molar-refractivity contribution in [2.24, 2.45) is 11.7 Å². The molecule has 98 valence electrons. The fourth-order valence-corrected chi connectivity index (χ4v) is 2.27. The molecule has 18 heavy (non-hydrogen) atoms. The van der Waals surface area contributed by atoms with Crippen molar-refractivity contribution in [3.63, 3.8) is 0 Å². The lowest BCUT2D eigenvalue weighted by atomic mass is 10.0. The van der Waals surface area contributed by atoms with Crippen LogP contribution in [0.3, 0.4) is 0 Å². The first kappa shape index (κ1) is 13.1. The fourth-order valence-electron chi connectivity index (χ4n) is 2.27. The summed E-state index contributed by atoms with van der Waals surface area (Å²) in [5, 5.41) is 12.9. The molecule has 0 bridgehead atoms. The highest BCUT2D eigenvalue weighted by Gasteiger charge is 2.33. The van der Waals surface area contributed by atoms with Crippen LogP contribution in [0.2, 0.25) is 0 Å². The molecule has 4 N–H and O–H groups in total. The normalized spacial score (nSPS) is 25.3. The van der Waals surface area contributed by atoms with Gasteiger partial charge in [0.2, 0.25) is 5.91 Å². The maximum atomic E-state index is 12.0. The van der Waals surface area contributed by atoms with Crippen molar-refractivity contribution in [2.75, 3.05) is 0 Å². The van der Waals surface area contributed by atoms with Crippen molar-refractivity contribution in [1.29, 1.82) is 0 Å². The van der Waals surface area contributed by atoms with Crippen LogP contribution in [0.15, 0.2) is 24.3 Å². The van der Waals surface area contributed by atoms with Crippen LogP contribution in [0.25, 0.3) is 0 Å². The third-order valence-corrected chi connectivity index (χ3v) is 3.70. The van der Waals surface area contributed by atoms with Crippen molar-refractivity contribution < 1.29 is 9.90 Å². The second-order valence-electron chi connectivity index (χ2n) is 5.10. The van der Waals surface area contributed by atoms with E-state index in [1.807, 2.05) is 31.2 Å². The second-order valence-corrected chi connectivity index (χ2v) is 5.10. The Kier molecular flexibility index (Phi) is 3.68. The third-order valence-electron chi connectivity index (χ3n) is 3.70. The molecule has 0 saturated carbocycles. The Morgan fingerprint density at radius 1 is 1.44 bits per heavy atom. The summed E-state index contributed by atoms with van der Waals surface area (Å²) in [5.74, 6) is -0.365. The van der Waals surface area contributed by atoms with Crippen molar-refractivity contribution >= 4 is 5.91 Å². The van der Waals surface area contributed by atoms with E-state index in [1.54, 1.807) is 6.92 Å². The summed E-state index contributed by atoms with van der Waals surface area (Å²) in [4.78, 5) is 12.0. The molecule has 1 aliphatic carbocycles. The number of nitrogens with one attached hydrogen (secondary N) is 1. The molecule has 1 aromatic rings. The van der Waals surface area contributed by atoms with E-state index >= 15 is 0 Å². The van der Waals surface area contributed by atoms with Crippen LogP contribution in [-0.2, 0) is 11.2 Å². The van der Waals surface area contributed by atoms with Crippen molar-refractivity contribution in [1.82, 2.24) is 5.32 Å². The number of aliphatic hydroxyl groups is 1. The monoisotopic (exact) mass is 248 g/mol. The highest BCUT2D eigenvalue weighted by Crippen LogP contribution is 2.31. The molecule has 1 amide bonds. The standard InChI is InChI=1S/C14H20N2O2/c1-8(9(2)15)14(18)16-13-11-6-4-3-5-10(11)7-12(13)17/h3-6,8-9,12-13,17H,7,15H2,1-2H3,(H,16,18)/t8?,9?,12-,13+/m0/s1. The molecule has 4 nitrogen and oxygen atoms in total. The van der Waals surface area contributed by atoms with E-state index in [0.29, 0.717) is 6.42 Å². The SMILES string of the molecule is CC(N)C(C)C(=O)N[C@@H]1c2ccccc2C[C@@H]1O. The number of aliphatic hydroxyl groups excluding tert-OH is 1. The smallest absolute Gasteiger partial charge is 0.224 e. The first-order valence-electron chi connectivity index (χ1n) is 6.32. The van der Waals surface area contributed by atoms with Gasteiger partial charge in [0, 0.05) is 18.4 Å². The summed E-state index contributed by atoms with van der Waals surface area (Å²) < 4.78 is 0. The average Bonchev–Trinajstić information content (AvgIpc) is 2.65. The van der Waals surface area contributed by atoms with Gasteiger partial charge in [-0.1, -0.05) is 31.2 Å². The Bertz CT molecular complexity index is 445. The quantitative estimate of drug-likeness (QED) is 0.738. The zero-order valence-electron chi connectivity index (χ0n) is 10.8. The van der Waals surface area contributed by atoms with Crippen LogP contribution in [0.5, 0.6) is 0 Å². The molecule has 0 aliphatic heterocycles. The highest BCUT2D eigenvalue weighted by atomic mass is 16.3. The van der Waals surface area contributed by atoms with E-state index in [-0.39, 0.29) is 23.9 Å². The summed E-state index contributed by atoms with van der Waals surface area (Å²) in [5.41, 5.74) is 7.83. The number of nitrogens with two attached hydrogens (primary N) is 1. The van der Waals surface area contributed by atoms with E-state index in [9.17, 15) is 9.90 Å². The zero-order valence-corrected chi connectivity index (χ0v) is 10.8. The van der Waals surface area contributed by atoms with E-state index in [1.165, 1.54) is 0 Å². The molecule has 0 spiro atoms. The van der Waals surface area contributed by atoms with Crippen LogP contribution in [0, 0.1) is 5.92 Å². The lowest BCUT2D eigenvalue weighted by Crippen LogP contribution is -2.42. The van der Waals surface area contributed by atoms with Gasteiger partial charge in [0.05, 0.1) is 12.1 Å². The van der Waals surface area contributed by atoms with Crippen LogP contribution < -0.4 is 11.1 Å². The van der Waals surface area contributed by atoms with Crippen molar-refractivity contribution in [2.45, 2.75) is 38.5 Å². The zero-order chi connectivity index (χ0) is 13.3. The summed E-state index contributed by atoms with van der Waals surface area (Å²) in [6, 6.07) is 7.30. The molecule has 0 radical (unpaired) electrons. The van der Waals surface area contributed by atoms with E-state index < -0.39 is 6.10 Å². The number of fused-ring (bicyclic) bond motifs is 1. The number of hydrogen-bond acceptors (Lipinski definition) is 3. The van der Waals surface area contributed by atoms with E-state index in [2.05, 4.69) is 5.32 Å². The molecule has 0 heterocycles. The molecule has 4 heteroatoms. The predicted molar refractivity (Wildman–Crippen MR) is 69.8 cm³/mol. The minimum atomic E-state index is -0.549. The molecule has 0 aromatic heterocycles. The third kappa shape index (κ3) is 2.40. The maximum Gasteiger partial charge on any atom is 0.224 e. The van der Waals surface area contributed by atoms with Crippen LogP contribution in [-0.4, -0.2) is 23.2 Å². The second kappa shape index (κ2) is 5.08. The van der Waals surface area contributed by atoms with E-state index in [0.717, 1.165) is 11.1 Å². The molecule has 2 unspecified atom stereocenters. The lowest BCUT2D eigenvalue weighted by Gasteiger charge is -2.22. The van der Waals surface area contributed by atoms with Gasteiger partial charge < -0.3 is 16.2 Å². The van der Waals surface area contributed by atoms with Gasteiger partial charge in [0.25, 0.3) is 0 Å². The summed E-state index contributed by atoms with van der Waals surface area (Å²) >= 11 is 0. The Balaban J connectivity index is 2.13. The van der Waals surface area contributed by atoms with Gasteiger partial charge in [-0.15, -0.1) is 0 Å². The number of hydrogen-bond donors (Lipinski definition) is 3. The van der Waals surface area contributed by atoms with Gasteiger partial charge in [0.1, 0.15) is 0 Å². The fraction of sp³-hybridized carbons (Fsp3) is 0.500. The van der Waals surface area contributed by atoms with Crippen LogP contribution in [0.1, 0.15) is 31.0 Å². The Morgan fingerprint density at radius 3 is 2.78 bits per heavy atom. The first-order valence-corrected chi connectivity index (χ1v) is 6.32. The molecule has 2 rings (SSSR count). The van der Waals surface area contributed by atoms with Crippen molar-refractivity contribution in [3.05, 3.63) is 35.4 Å². The Labute approximate surface area is 107 Å². The maximum absolute atomic E-state index is 12.0. The van der Waals surface area contributed by atoms with Crippen LogP contribution >= 0.6 is 0 Å². The predicted octanol–water partition coefficient (Wildman–Crippen LogP) is 0.744. The number of benzene rings is 1.